The Morgan fingerprint density at radius 2 is 1.66 bits per heavy atom. The maximum absolute atomic E-state index is 12.6. The van der Waals surface area contributed by atoms with Crippen LogP contribution in [-0.2, 0) is 30.4 Å². The fourth-order valence-electron chi connectivity index (χ4n) is 2.62. The van der Waals surface area contributed by atoms with Crippen LogP contribution in [0.4, 0.5) is 0 Å². The van der Waals surface area contributed by atoms with E-state index in [1.54, 1.807) is 13.8 Å². The molecule has 4 unspecified atom stereocenters. The van der Waals surface area contributed by atoms with Crippen LogP contribution in [0.15, 0.2) is 12.5 Å². The van der Waals surface area contributed by atoms with Crippen LogP contribution in [0.2, 0.25) is 0 Å². The van der Waals surface area contributed by atoms with E-state index in [-0.39, 0.29) is 6.42 Å². The van der Waals surface area contributed by atoms with Crippen LogP contribution in [0.3, 0.4) is 0 Å². The summed E-state index contributed by atoms with van der Waals surface area (Å²) in [7, 11) is 0. The molecule has 0 fully saturated rings. The molecule has 0 aliphatic heterocycles. The van der Waals surface area contributed by atoms with Gasteiger partial charge < -0.3 is 42.0 Å². The van der Waals surface area contributed by atoms with Gasteiger partial charge in [-0.15, -0.1) is 0 Å². The van der Waals surface area contributed by atoms with E-state index in [0.29, 0.717) is 5.69 Å². The van der Waals surface area contributed by atoms with E-state index in [4.69, 9.17) is 10.8 Å². The molecule has 4 atom stereocenters. The summed E-state index contributed by atoms with van der Waals surface area (Å²) in [5.74, 6) is -5.79. The summed E-state index contributed by atoms with van der Waals surface area (Å²) >= 11 is 0. The fraction of sp³-hybridized carbons (Fsp3) is 0.556. The zero-order chi connectivity index (χ0) is 24.4. The minimum Gasteiger partial charge on any atom is -0.481 e. The highest BCUT2D eigenvalue weighted by Crippen LogP contribution is 2.05. The molecule has 0 saturated heterocycles. The third kappa shape index (κ3) is 8.31. The Morgan fingerprint density at radius 3 is 2.12 bits per heavy atom. The van der Waals surface area contributed by atoms with Gasteiger partial charge in [0.25, 0.3) is 0 Å². The van der Waals surface area contributed by atoms with Gasteiger partial charge in [-0.2, -0.15) is 0 Å². The zero-order valence-corrected chi connectivity index (χ0v) is 17.6. The molecule has 14 heteroatoms. The molecule has 0 saturated carbocycles. The van der Waals surface area contributed by atoms with Gasteiger partial charge in [0.1, 0.15) is 18.1 Å². The summed E-state index contributed by atoms with van der Waals surface area (Å²) in [6.45, 7) is 2.34. The van der Waals surface area contributed by atoms with Gasteiger partial charge >= 0.3 is 11.9 Å². The number of carbonyl (C=O) groups is 5. The van der Waals surface area contributed by atoms with Crippen LogP contribution in [0.25, 0.3) is 0 Å². The van der Waals surface area contributed by atoms with Crippen LogP contribution in [0, 0.1) is 5.92 Å². The highest BCUT2D eigenvalue weighted by molar-refractivity contribution is 5.94. The first-order chi connectivity index (χ1) is 15.0. The normalized spacial score (nSPS) is 14.7. The second-order valence-corrected chi connectivity index (χ2v) is 7.36. The van der Waals surface area contributed by atoms with Crippen LogP contribution < -0.4 is 21.7 Å². The van der Waals surface area contributed by atoms with Crippen molar-refractivity contribution in [3.8, 4) is 0 Å². The molecule has 1 aromatic rings. The lowest BCUT2D eigenvalue weighted by atomic mass is 10.0. The molecule has 32 heavy (non-hydrogen) atoms. The molecular formula is C18H28N6O8. The molecule has 1 rings (SSSR count). The SMILES string of the molecule is CC(C)C(NC(=O)C(N)CC(=O)O)C(=O)NC(CO)C(=O)NC(Cc1cnc[nH]1)C(=O)O. The maximum atomic E-state index is 12.6. The Balaban J connectivity index is 2.81. The summed E-state index contributed by atoms with van der Waals surface area (Å²) in [6, 6.07) is -5.44. The van der Waals surface area contributed by atoms with Gasteiger partial charge in [0.15, 0.2) is 0 Å². The van der Waals surface area contributed by atoms with Gasteiger partial charge in [0.2, 0.25) is 17.7 Å². The smallest absolute Gasteiger partial charge is 0.326 e. The van der Waals surface area contributed by atoms with Crippen molar-refractivity contribution in [1.82, 2.24) is 25.9 Å². The lowest BCUT2D eigenvalue weighted by Crippen LogP contribution is -2.59. The largest absolute Gasteiger partial charge is 0.481 e. The van der Waals surface area contributed by atoms with Gasteiger partial charge in [-0.3, -0.25) is 19.2 Å². The topological polar surface area (TPSA) is 237 Å². The summed E-state index contributed by atoms with van der Waals surface area (Å²) in [5, 5.41) is 34.4. The average molecular weight is 456 g/mol. The van der Waals surface area contributed by atoms with Crippen molar-refractivity contribution < 1.29 is 39.3 Å². The van der Waals surface area contributed by atoms with Crippen molar-refractivity contribution in [2.45, 2.75) is 50.9 Å². The Morgan fingerprint density at radius 1 is 1.03 bits per heavy atom. The predicted octanol–water partition coefficient (Wildman–Crippen LogP) is -3.06. The van der Waals surface area contributed by atoms with E-state index >= 15 is 0 Å². The molecule has 0 radical (unpaired) electrons. The highest BCUT2D eigenvalue weighted by Gasteiger charge is 2.31. The van der Waals surface area contributed by atoms with Crippen molar-refractivity contribution in [1.29, 1.82) is 0 Å². The molecule has 0 spiro atoms. The number of rotatable bonds is 13. The van der Waals surface area contributed by atoms with E-state index in [0.717, 1.165) is 0 Å². The van der Waals surface area contributed by atoms with Gasteiger partial charge in [-0.25, -0.2) is 9.78 Å². The van der Waals surface area contributed by atoms with Crippen LogP contribution in [0.1, 0.15) is 26.0 Å². The summed E-state index contributed by atoms with van der Waals surface area (Å²) in [6.07, 6.45) is 1.97. The first kappa shape index (κ1) is 26.5. The number of imidazole rings is 1. The molecule has 0 aliphatic rings. The summed E-state index contributed by atoms with van der Waals surface area (Å²) in [5.41, 5.74) is 5.94. The highest BCUT2D eigenvalue weighted by atomic mass is 16.4. The number of carboxylic acid groups (broad SMARTS) is 2. The Hall–Kier alpha value is -3.52. The number of aliphatic hydroxyl groups excluding tert-OH is 1. The summed E-state index contributed by atoms with van der Waals surface area (Å²) in [4.78, 5) is 65.8. The number of amides is 3. The number of hydrogen-bond acceptors (Lipinski definition) is 8. The number of aliphatic hydroxyl groups is 1. The van der Waals surface area contributed by atoms with E-state index in [1.165, 1.54) is 12.5 Å². The number of aromatic nitrogens is 2. The summed E-state index contributed by atoms with van der Waals surface area (Å²) < 4.78 is 0. The van der Waals surface area contributed by atoms with Crippen molar-refractivity contribution in [2.24, 2.45) is 11.7 Å². The van der Waals surface area contributed by atoms with Crippen molar-refractivity contribution in [3.63, 3.8) is 0 Å². The molecule has 3 amide bonds. The number of hydrogen-bond donors (Lipinski definition) is 8. The monoisotopic (exact) mass is 456 g/mol. The van der Waals surface area contributed by atoms with E-state index in [9.17, 15) is 34.2 Å². The van der Waals surface area contributed by atoms with Gasteiger partial charge in [0, 0.05) is 18.3 Å². The van der Waals surface area contributed by atoms with E-state index < -0.39 is 72.8 Å². The quantitative estimate of drug-likeness (QED) is 0.149. The maximum Gasteiger partial charge on any atom is 0.326 e. The molecule has 0 aliphatic carbocycles. The second-order valence-electron chi connectivity index (χ2n) is 7.36. The molecule has 0 aromatic carbocycles. The van der Waals surface area contributed by atoms with E-state index in [1.807, 2.05) is 0 Å². The van der Waals surface area contributed by atoms with Crippen LogP contribution >= 0.6 is 0 Å². The number of nitrogens with zero attached hydrogens (tertiary/aromatic N) is 1. The predicted molar refractivity (Wildman–Crippen MR) is 108 cm³/mol. The number of aliphatic carboxylic acids is 2. The standard InChI is InChI=1S/C18H28N6O8/c1-8(2)14(24-15(28)10(19)4-13(26)27)17(30)23-12(6-25)16(29)22-11(18(31)32)3-9-5-20-7-21-9/h5,7-8,10-12,14,25H,3-4,6,19H2,1-2H3,(H,20,21)(H,22,29)(H,23,30)(H,24,28)(H,26,27)(H,31,32). The van der Waals surface area contributed by atoms with Gasteiger partial charge in [-0.05, 0) is 5.92 Å². The average Bonchev–Trinajstić information content (AvgIpc) is 3.21. The third-order valence-corrected chi connectivity index (χ3v) is 4.39. The second kappa shape index (κ2) is 12.4. The Kier molecular flexibility index (Phi) is 10.2. The van der Waals surface area contributed by atoms with Gasteiger partial charge in [-0.1, -0.05) is 13.8 Å². The number of nitrogens with one attached hydrogen (secondary N) is 4. The lowest BCUT2D eigenvalue weighted by Gasteiger charge is -2.26. The molecule has 0 bridgehead atoms. The van der Waals surface area contributed by atoms with Crippen LogP contribution in [-0.4, -0.2) is 85.7 Å². The first-order valence-corrected chi connectivity index (χ1v) is 9.65. The van der Waals surface area contributed by atoms with E-state index in [2.05, 4.69) is 25.9 Å². The number of aromatic amines is 1. The van der Waals surface area contributed by atoms with Crippen molar-refractivity contribution >= 4 is 29.7 Å². The Labute approximate surface area is 183 Å². The van der Waals surface area contributed by atoms with Crippen molar-refractivity contribution in [2.75, 3.05) is 6.61 Å². The van der Waals surface area contributed by atoms with Gasteiger partial charge in [0.05, 0.1) is 25.4 Å². The lowest BCUT2D eigenvalue weighted by molar-refractivity contribution is -0.142. The minimum absolute atomic E-state index is 0.112. The number of H-pyrrole nitrogens is 1. The van der Waals surface area contributed by atoms with Crippen molar-refractivity contribution in [3.05, 3.63) is 18.2 Å². The molecular weight excluding hydrogens is 428 g/mol. The molecule has 9 N–H and O–H groups in total. The number of nitrogens with two attached hydrogens (primary N) is 1. The third-order valence-electron chi connectivity index (χ3n) is 4.39. The molecule has 1 aromatic heterocycles. The first-order valence-electron chi connectivity index (χ1n) is 9.65. The molecule has 178 valence electrons. The number of carbonyl (C=O) groups excluding carboxylic acids is 3. The molecule has 1 heterocycles. The molecule has 14 nitrogen and oxygen atoms in total. The fourth-order valence-corrected chi connectivity index (χ4v) is 2.62. The zero-order valence-electron chi connectivity index (χ0n) is 17.6. The number of carboxylic acids is 2. The van der Waals surface area contributed by atoms with Crippen LogP contribution in [0.5, 0.6) is 0 Å². The minimum atomic E-state index is -1.50. The Bertz CT molecular complexity index is 812.